The number of aryl methyl sites for hydroxylation is 2. The first-order chi connectivity index (χ1) is 21.1. The van der Waals surface area contributed by atoms with Crippen molar-refractivity contribution >= 4 is 21.8 Å². The van der Waals surface area contributed by atoms with Crippen LogP contribution in [-0.2, 0) is 0 Å². The second-order valence-electron chi connectivity index (χ2n) is 10.8. The van der Waals surface area contributed by atoms with Crippen molar-refractivity contribution in [1.82, 2.24) is 9.55 Å². The number of rotatable bonds is 4. The average molecular weight is 551 g/mol. The molecule has 202 valence electrons. The van der Waals surface area contributed by atoms with Crippen LogP contribution in [0.25, 0.3) is 60.9 Å². The summed E-state index contributed by atoms with van der Waals surface area (Å²) in [5, 5.41) is 22.0. The summed E-state index contributed by atoms with van der Waals surface area (Å²) in [6, 6.07) is 43.1. The molecule has 2 heterocycles. The molecule has 43 heavy (non-hydrogen) atoms. The van der Waals surface area contributed by atoms with Crippen LogP contribution in [-0.4, -0.2) is 9.55 Å². The molecule has 0 radical (unpaired) electrons. The zero-order valence-corrected chi connectivity index (χ0v) is 23.8. The molecule has 2 aromatic heterocycles. The standard InChI is InChI=1S/C39H26N4/c1-25-17-33(18-26(2)38(25)39-31(21-40)23-42-24-32(39)22-41)43-36-15-13-29(27-9-5-3-6-10-27)19-34(36)35-20-30(14-16-37(35)43)28-11-7-4-8-12-28/h3-20,23-24H,1-2H3. The van der Waals surface area contributed by atoms with Gasteiger partial charge in [-0.3, -0.25) is 4.98 Å². The van der Waals surface area contributed by atoms with Crippen molar-refractivity contribution < 1.29 is 0 Å². The molecule has 0 aliphatic carbocycles. The molecule has 0 saturated carbocycles. The number of hydrogen-bond donors (Lipinski definition) is 0. The quantitative estimate of drug-likeness (QED) is 0.219. The van der Waals surface area contributed by atoms with Gasteiger partial charge in [-0.2, -0.15) is 10.5 Å². The van der Waals surface area contributed by atoms with Gasteiger partial charge in [0.1, 0.15) is 12.1 Å². The highest BCUT2D eigenvalue weighted by Gasteiger charge is 2.19. The van der Waals surface area contributed by atoms with Crippen LogP contribution in [0.1, 0.15) is 22.3 Å². The fourth-order valence-corrected chi connectivity index (χ4v) is 6.29. The van der Waals surface area contributed by atoms with E-state index in [-0.39, 0.29) is 0 Å². The lowest BCUT2D eigenvalue weighted by Gasteiger charge is -2.17. The van der Waals surface area contributed by atoms with Crippen LogP contribution in [0.5, 0.6) is 0 Å². The largest absolute Gasteiger partial charge is 0.309 e. The fourth-order valence-electron chi connectivity index (χ4n) is 6.29. The van der Waals surface area contributed by atoms with E-state index in [0.717, 1.165) is 33.4 Å². The summed E-state index contributed by atoms with van der Waals surface area (Å²) in [6.07, 6.45) is 3.06. The Balaban J connectivity index is 1.49. The van der Waals surface area contributed by atoms with Gasteiger partial charge in [-0.15, -0.1) is 0 Å². The topological polar surface area (TPSA) is 65.4 Å². The van der Waals surface area contributed by atoms with Gasteiger partial charge < -0.3 is 4.57 Å². The molecule has 0 aliphatic heterocycles. The van der Waals surface area contributed by atoms with Crippen LogP contribution in [0, 0.1) is 36.5 Å². The van der Waals surface area contributed by atoms with Gasteiger partial charge in [0.25, 0.3) is 0 Å². The predicted molar refractivity (Wildman–Crippen MR) is 174 cm³/mol. The first kappa shape index (κ1) is 26.0. The Morgan fingerprint density at radius 2 is 1.00 bits per heavy atom. The molecule has 0 bridgehead atoms. The summed E-state index contributed by atoms with van der Waals surface area (Å²) in [6.45, 7) is 4.09. The Morgan fingerprint density at radius 1 is 0.535 bits per heavy atom. The van der Waals surface area contributed by atoms with Crippen molar-refractivity contribution in [3.63, 3.8) is 0 Å². The Kier molecular flexibility index (Phi) is 6.31. The highest BCUT2D eigenvalue weighted by Crippen LogP contribution is 2.39. The zero-order valence-electron chi connectivity index (χ0n) is 23.8. The lowest BCUT2D eigenvalue weighted by molar-refractivity contribution is 1.16. The number of nitriles is 2. The minimum atomic E-state index is 0.400. The van der Waals surface area contributed by atoms with Crippen LogP contribution >= 0.6 is 0 Å². The third-order valence-corrected chi connectivity index (χ3v) is 8.19. The molecule has 0 atom stereocenters. The summed E-state index contributed by atoms with van der Waals surface area (Å²) in [5.74, 6) is 0. The number of pyridine rings is 1. The number of nitrogens with zero attached hydrogens (tertiary/aromatic N) is 4. The molecule has 0 unspecified atom stereocenters. The number of benzene rings is 5. The van der Waals surface area contributed by atoms with Gasteiger partial charge in [0.05, 0.1) is 22.2 Å². The number of aromatic nitrogens is 2. The van der Waals surface area contributed by atoms with E-state index in [0.29, 0.717) is 16.7 Å². The summed E-state index contributed by atoms with van der Waals surface area (Å²) in [7, 11) is 0. The minimum absolute atomic E-state index is 0.400. The second-order valence-corrected chi connectivity index (χ2v) is 10.8. The highest BCUT2D eigenvalue weighted by atomic mass is 15.0. The lowest BCUT2D eigenvalue weighted by Crippen LogP contribution is -2.00. The van der Waals surface area contributed by atoms with E-state index in [1.807, 2.05) is 26.0 Å². The van der Waals surface area contributed by atoms with Gasteiger partial charge in [0.15, 0.2) is 0 Å². The van der Waals surface area contributed by atoms with Gasteiger partial charge >= 0.3 is 0 Å². The Morgan fingerprint density at radius 3 is 1.44 bits per heavy atom. The van der Waals surface area contributed by atoms with Crippen LogP contribution in [0.15, 0.2) is 122 Å². The molecular formula is C39H26N4. The summed E-state index contributed by atoms with van der Waals surface area (Å²) < 4.78 is 2.32. The Bertz CT molecular complexity index is 2110. The van der Waals surface area contributed by atoms with E-state index >= 15 is 0 Å². The predicted octanol–water partition coefficient (Wildman–Crippen LogP) is 9.54. The summed E-state index contributed by atoms with van der Waals surface area (Å²) in [4.78, 5) is 4.11. The summed E-state index contributed by atoms with van der Waals surface area (Å²) >= 11 is 0. The van der Waals surface area contributed by atoms with Crippen LogP contribution in [0.2, 0.25) is 0 Å². The molecule has 0 aliphatic rings. The fraction of sp³-hybridized carbons (Fsp3) is 0.0513. The third kappa shape index (κ3) is 4.34. The van der Waals surface area contributed by atoms with Crippen molar-refractivity contribution in [3.05, 3.63) is 144 Å². The van der Waals surface area contributed by atoms with Crippen molar-refractivity contribution in [3.8, 4) is 51.2 Å². The molecule has 0 N–H and O–H groups in total. The minimum Gasteiger partial charge on any atom is -0.309 e. The van der Waals surface area contributed by atoms with Crippen LogP contribution in [0.4, 0.5) is 0 Å². The van der Waals surface area contributed by atoms with Gasteiger partial charge in [-0.05, 0) is 89.2 Å². The van der Waals surface area contributed by atoms with Gasteiger partial charge in [-0.25, -0.2) is 0 Å². The Hall–Kier alpha value is -5.97. The van der Waals surface area contributed by atoms with E-state index in [1.165, 1.54) is 45.4 Å². The first-order valence-corrected chi connectivity index (χ1v) is 14.2. The van der Waals surface area contributed by atoms with Crippen molar-refractivity contribution in [2.45, 2.75) is 13.8 Å². The smallest absolute Gasteiger partial charge is 0.101 e. The molecule has 0 saturated heterocycles. The average Bonchev–Trinajstić information content (AvgIpc) is 3.38. The van der Waals surface area contributed by atoms with Gasteiger partial charge in [0.2, 0.25) is 0 Å². The van der Waals surface area contributed by atoms with E-state index in [1.54, 1.807) is 0 Å². The second kappa shape index (κ2) is 10.5. The molecule has 0 spiro atoms. The maximum Gasteiger partial charge on any atom is 0.101 e. The Labute approximate surface area is 250 Å². The monoisotopic (exact) mass is 550 g/mol. The molecule has 4 nitrogen and oxygen atoms in total. The zero-order chi connectivity index (χ0) is 29.5. The van der Waals surface area contributed by atoms with Gasteiger partial charge in [0, 0.05) is 34.4 Å². The molecule has 5 aromatic carbocycles. The van der Waals surface area contributed by atoms with E-state index < -0.39 is 0 Å². The summed E-state index contributed by atoms with van der Waals surface area (Å²) in [5.41, 5.74) is 12.3. The van der Waals surface area contributed by atoms with Crippen molar-refractivity contribution in [1.29, 1.82) is 10.5 Å². The van der Waals surface area contributed by atoms with Gasteiger partial charge in [-0.1, -0.05) is 72.8 Å². The SMILES string of the molecule is Cc1cc(-n2c3ccc(-c4ccccc4)cc3c3cc(-c4ccccc4)ccc32)cc(C)c1-c1c(C#N)cncc1C#N. The van der Waals surface area contributed by atoms with Crippen LogP contribution in [0.3, 0.4) is 0 Å². The first-order valence-electron chi connectivity index (χ1n) is 14.2. The maximum absolute atomic E-state index is 9.83. The molecule has 0 fully saturated rings. The molecular weight excluding hydrogens is 524 g/mol. The van der Waals surface area contributed by atoms with Crippen molar-refractivity contribution in [2.24, 2.45) is 0 Å². The maximum atomic E-state index is 9.83. The molecule has 7 rings (SSSR count). The number of fused-ring (bicyclic) bond motifs is 3. The molecule has 4 heteroatoms. The normalized spacial score (nSPS) is 11.0. The van der Waals surface area contributed by atoms with E-state index in [2.05, 4.69) is 119 Å². The molecule has 0 amide bonds. The molecule has 7 aromatic rings. The lowest BCUT2D eigenvalue weighted by atomic mass is 9.90. The third-order valence-electron chi connectivity index (χ3n) is 8.19. The van der Waals surface area contributed by atoms with Crippen LogP contribution < -0.4 is 0 Å². The van der Waals surface area contributed by atoms with Crippen molar-refractivity contribution in [2.75, 3.05) is 0 Å². The van der Waals surface area contributed by atoms with E-state index in [4.69, 9.17) is 0 Å². The van der Waals surface area contributed by atoms with E-state index in [9.17, 15) is 10.5 Å². The number of hydrogen-bond acceptors (Lipinski definition) is 3. The highest BCUT2D eigenvalue weighted by molar-refractivity contribution is 6.11.